The molecule has 124 valence electrons. The van der Waals surface area contributed by atoms with Crippen LogP contribution in [0.1, 0.15) is 30.6 Å². The van der Waals surface area contributed by atoms with E-state index in [1.807, 2.05) is 6.92 Å². The maximum absolute atomic E-state index is 14.0. The molecule has 0 amide bonds. The molecule has 1 aromatic heterocycles. The first-order valence-corrected chi connectivity index (χ1v) is 7.45. The van der Waals surface area contributed by atoms with E-state index in [-0.39, 0.29) is 0 Å². The number of ether oxygens (including phenoxy) is 1. The van der Waals surface area contributed by atoms with Gasteiger partial charge in [-0.2, -0.15) is 5.10 Å². The largest absolute Gasteiger partial charge is 0.496 e. The van der Waals surface area contributed by atoms with Crippen molar-refractivity contribution >= 4 is 5.82 Å². The van der Waals surface area contributed by atoms with E-state index in [0.29, 0.717) is 17.1 Å². The zero-order valence-electron chi connectivity index (χ0n) is 12.9. The van der Waals surface area contributed by atoms with E-state index in [1.54, 1.807) is 6.07 Å². The van der Waals surface area contributed by atoms with Gasteiger partial charge in [0.2, 0.25) is 0 Å². The average molecular weight is 325 g/mol. The lowest BCUT2D eigenvalue weighted by Crippen LogP contribution is -2.27. The van der Waals surface area contributed by atoms with Crippen molar-refractivity contribution in [2.75, 3.05) is 18.6 Å². The predicted molar refractivity (Wildman–Crippen MR) is 80.6 cm³/mol. The summed E-state index contributed by atoms with van der Waals surface area (Å²) < 4.78 is 46.9. The Hall–Kier alpha value is -2.18. The summed E-state index contributed by atoms with van der Waals surface area (Å²) in [5.74, 6) is -2.51. The number of hydrogen-bond donors (Lipinski definition) is 1. The van der Waals surface area contributed by atoms with Gasteiger partial charge in [0.1, 0.15) is 11.6 Å². The minimum Gasteiger partial charge on any atom is -0.496 e. The van der Waals surface area contributed by atoms with Gasteiger partial charge in [-0.05, 0) is 24.6 Å². The lowest BCUT2D eigenvalue weighted by atomic mass is 10.0. The normalized spacial score (nSPS) is 20.0. The first-order valence-electron chi connectivity index (χ1n) is 7.45. The van der Waals surface area contributed by atoms with Crippen LogP contribution < -0.4 is 9.64 Å². The molecule has 1 N–H and O–H groups in total. The van der Waals surface area contributed by atoms with Gasteiger partial charge in [0.15, 0.2) is 5.82 Å². The Bertz CT molecular complexity index is 702. The molecular weight excluding hydrogens is 307 g/mol. The van der Waals surface area contributed by atoms with Crippen molar-refractivity contribution < 1.29 is 17.9 Å². The topological polar surface area (TPSA) is 41.1 Å². The molecule has 7 heteroatoms. The lowest BCUT2D eigenvalue weighted by molar-refractivity contribution is 0.0222. The summed E-state index contributed by atoms with van der Waals surface area (Å²) in [6, 6.07) is 5.03. The SMILES string of the molecule is CCc1cc(N2CC(F)(F)CC2c2cc(F)ccc2OC)n[nH]1. The quantitative estimate of drug-likeness (QED) is 0.932. The number of H-pyrrole nitrogens is 1. The van der Waals surface area contributed by atoms with Crippen LogP contribution in [-0.2, 0) is 6.42 Å². The Morgan fingerprint density at radius 3 is 2.83 bits per heavy atom. The zero-order chi connectivity index (χ0) is 16.6. The van der Waals surface area contributed by atoms with Crippen LogP contribution >= 0.6 is 0 Å². The second-order valence-electron chi connectivity index (χ2n) is 5.69. The summed E-state index contributed by atoms with van der Waals surface area (Å²) >= 11 is 0. The van der Waals surface area contributed by atoms with Crippen molar-refractivity contribution in [3.8, 4) is 5.75 Å². The highest BCUT2D eigenvalue weighted by Crippen LogP contribution is 2.45. The van der Waals surface area contributed by atoms with Gasteiger partial charge in [-0.25, -0.2) is 13.2 Å². The number of methoxy groups -OCH3 is 1. The highest BCUT2D eigenvalue weighted by molar-refractivity contribution is 5.49. The van der Waals surface area contributed by atoms with Gasteiger partial charge in [0.25, 0.3) is 5.92 Å². The van der Waals surface area contributed by atoms with Gasteiger partial charge >= 0.3 is 0 Å². The molecule has 0 saturated carbocycles. The average Bonchev–Trinajstić information content (AvgIpc) is 3.10. The third-order valence-corrected chi connectivity index (χ3v) is 4.11. The molecule has 3 rings (SSSR count). The molecule has 1 aromatic carbocycles. The van der Waals surface area contributed by atoms with Crippen molar-refractivity contribution in [3.63, 3.8) is 0 Å². The van der Waals surface area contributed by atoms with E-state index >= 15 is 0 Å². The molecular formula is C16H18F3N3O. The van der Waals surface area contributed by atoms with Crippen molar-refractivity contribution in [1.29, 1.82) is 0 Å². The highest BCUT2D eigenvalue weighted by Gasteiger charge is 2.47. The molecule has 1 aliphatic heterocycles. The highest BCUT2D eigenvalue weighted by atomic mass is 19.3. The summed E-state index contributed by atoms with van der Waals surface area (Å²) in [6.07, 6.45) is 0.326. The number of hydrogen-bond acceptors (Lipinski definition) is 3. The molecule has 0 aliphatic carbocycles. The number of benzene rings is 1. The molecule has 1 aliphatic rings. The Kier molecular flexibility index (Phi) is 3.95. The fourth-order valence-corrected chi connectivity index (χ4v) is 2.98. The molecule has 1 unspecified atom stereocenters. The van der Waals surface area contributed by atoms with E-state index in [4.69, 9.17) is 4.74 Å². The van der Waals surface area contributed by atoms with E-state index in [2.05, 4.69) is 10.2 Å². The third-order valence-electron chi connectivity index (χ3n) is 4.11. The molecule has 4 nitrogen and oxygen atoms in total. The van der Waals surface area contributed by atoms with Crippen molar-refractivity contribution in [2.24, 2.45) is 0 Å². The summed E-state index contributed by atoms with van der Waals surface area (Å²) in [5, 5.41) is 6.95. The number of halogens is 3. The maximum Gasteiger partial charge on any atom is 0.267 e. The summed E-state index contributed by atoms with van der Waals surface area (Å²) in [6.45, 7) is 1.49. The van der Waals surface area contributed by atoms with Crippen LogP contribution in [0.5, 0.6) is 5.75 Å². The van der Waals surface area contributed by atoms with E-state index in [1.165, 1.54) is 30.2 Å². The van der Waals surface area contributed by atoms with Crippen LogP contribution in [0.15, 0.2) is 24.3 Å². The predicted octanol–water partition coefficient (Wildman–Crippen LogP) is 3.71. The van der Waals surface area contributed by atoms with Gasteiger partial charge in [-0.1, -0.05) is 6.92 Å². The van der Waals surface area contributed by atoms with Gasteiger partial charge in [-0.15, -0.1) is 0 Å². The molecule has 0 radical (unpaired) electrons. The van der Waals surface area contributed by atoms with E-state index in [0.717, 1.165) is 12.1 Å². The minimum absolute atomic E-state index is 0.394. The van der Waals surface area contributed by atoms with Crippen molar-refractivity contribution in [3.05, 3.63) is 41.3 Å². The van der Waals surface area contributed by atoms with Crippen molar-refractivity contribution in [2.45, 2.75) is 31.7 Å². The monoisotopic (exact) mass is 325 g/mol. The smallest absolute Gasteiger partial charge is 0.267 e. The summed E-state index contributed by atoms with van der Waals surface area (Å²) in [5.41, 5.74) is 1.27. The Morgan fingerprint density at radius 2 is 2.17 bits per heavy atom. The van der Waals surface area contributed by atoms with Crippen LogP contribution in [-0.4, -0.2) is 29.8 Å². The van der Waals surface area contributed by atoms with E-state index in [9.17, 15) is 13.2 Å². The number of aromatic nitrogens is 2. The molecule has 23 heavy (non-hydrogen) atoms. The number of aromatic amines is 1. The zero-order valence-corrected chi connectivity index (χ0v) is 12.9. The molecule has 2 aromatic rings. The summed E-state index contributed by atoms with van der Waals surface area (Å²) in [7, 11) is 1.44. The van der Waals surface area contributed by atoms with Gasteiger partial charge < -0.3 is 9.64 Å². The number of aryl methyl sites for hydroxylation is 1. The third kappa shape index (κ3) is 3.00. The van der Waals surface area contributed by atoms with Crippen LogP contribution in [0, 0.1) is 5.82 Å². The van der Waals surface area contributed by atoms with Gasteiger partial charge in [0, 0.05) is 23.7 Å². The number of rotatable bonds is 4. The number of nitrogens with zero attached hydrogens (tertiary/aromatic N) is 2. The Morgan fingerprint density at radius 1 is 1.39 bits per heavy atom. The molecule has 1 saturated heterocycles. The molecule has 2 heterocycles. The number of anilines is 1. The first kappa shape index (κ1) is 15.7. The van der Waals surface area contributed by atoms with Gasteiger partial charge in [-0.3, -0.25) is 5.10 Å². The number of nitrogens with one attached hydrogen (secondary N) is 1. The standard InChI is InChI=1S/C16H18F3N3O/c1-3-11-7-15(21-20-11)22-9-16(18,19)8-13(22)12-6-10(17)4-5-14(12)23-2/h4-7,13H,3,8-9H2,1-2H3,(H,20,21). The van der Waals surface area contributed by atoms with Crippen LogP contribution in [0.3, 0.4) is 0 Å². The fraction of sp³-hybridized carbons (Fsp3) is 0.438. The van der Waals surface area contributed by atoms with Crippen LogP contribution in [0.25, 0.3) is 0 Å². The van der Waals surface area contributed by atoms with Crippen LogP contribution in [0.4, 0.5) is 19.0 Å². The molecule has 1 atom stereocenters. The number of alkyl halides is 2. The maximum atomic E-state index is 14.0. The Labute approximate surface area is 132 Å². The van der Waals surface area contributed by atoms with E-state index < -0.39 is 30.7 Å². The fourth-order valence-electron chi connectivity index (χ4n) is 2.98. The first-order chi connectivity index (χ1) is 10.9. The van der Waals surface area contributed by atoms with Gasteiger partial charge in [0.05, 0.1) is 19.7 Å². The summed E-state index contributed by atoms with van der Waals surface area (Å²) in [4.78, 5) is 1.51. The second-order valence-corrected chi connectivity index (χ2v) is 5.69. The second kappa shape index (κ2) is 5.79. The lowest BCUT2D eigenvalue weighted by Gasteiger charge is -2.25. The molecule has 0 bridgehead atoms. The molecule has 1 fully saturated rings. The minimum atomic E-state index is -2.87. The van der Waals surface area contributed by atoms with Crippen LogP contribution in [0.2, 0.25) is 0 Å². The van der Waals surface area contributed by atoms with Crippen molar-refractivity contribution in [1.82, 2.24) is 10.2 Å². The molecule has 0 spiro atoms. The Balaban J connectivity index is 2.03.